The maximum Gasteiger partial charge on any atom is 0.314 e. The summed E-state index contributed by atoms with van der Waals surface area (Å²) in [5, 5.41) is 0. The van der Waals surface area contributed by atoms with Gasteiger partial charge in [-0.05, 0) is 28.8 Å². The smallest absolute Gasteiger partial charge is 0.314 e. The highest BCUT2D eigenvalue weighted by Crippen LogP contribution is 2.23. The van der Waals surface area contributed by atoms with Crippen molar-refractivity contribution in [1.82, 2.24) is 0 Å². The molecule has 0 aliphatic heterocycles. The number of esters is 2. The van der Waals surface area contributed by atoms with Crippen LogP contribution in [0.3, 0.4) is 0 Å². The van der Waals surface area contributed by atoms with Gasteiger partial charge in [-0.2, -0.15) is 0 Å². The van der Waals surface area contributed by atoms with Crippen LogP contribution in [0, 0.1) is 5.82 Å². The Morgan fingerprint density at radius 3 is 1.79 bits per heavy atom. The lowest BCUT2D eigenvalue weighted by Crippen LogP contribution is -2.20. The Morgan fingerprint density at radius 1 is 0.724 bits per heavy atom. The van der Waals surface area contributed by atoms with E-state index in [0.717, 1.165) is 11.1 Å². The van der Waals surface area contributed by atoms with Crippen LogP contribution in [0.4, 0.5) is 4.39 Å². The quantitative estimate of drug-likeness (QED) is 0.518. The number of halogens is 1. The second kappa shape index (κ2) is 10.2. The number of rotatable bonds is 8. The summed E-state index contributed by atoms with van der Waals surface area (Å²) in [5.74, 6) is -2.38. The third-order valence-electron chi connectivity index (χ3n) is 4.39. The molecule has 0 bridgehead atoms. The Morgan fingerprint density at radius 2 is 1.24 bits per heavy atom. The molecule has 0 aromatic heterocycles. The summed E-state index contributed by atoms with van der Waals surface area (Å²) >= 11 is 0. The Labute approximate surface area is 168 Å². The van der Waals surface area contributed by atoms with Crippen LogP contribution in [0.5, 0.6) is 0 Å². The monoisotopic (exact) mass is 392 g/mol. The highest BCUT2D eigenvalue weighted by atomic mass is 19.1. The first kappa shape index (κ1) is 20.3. The normalized spacial score (nSPS) is 11.5. The minimum Gasteiger partial charge on any atom is -0.461 e. The number of benzene rings is 3. The lowest BCUT2D eigenvalue weighted by molar-refractivity contribution is -0.153. The molecule has 0 amide bonds. The van der Waals surface area contributed by atoms with Gasteiger partial charge < -0.3 is 9.47 Å². The molecule has 0 radical (unpaired) electrons. The zero-order valence-electron chi connectivity index (χ0n) is 15.8. The average Bonchev–Trinajstić information content (AvgIpc) is 2.76. The van der Waals surface area contributed by atoms with Crippen LogP contribution in [0.15, 0.2) is 84.9 Å². The molecule has 3 aromatic carbocycles. The van der Waals surface area contributed by atoms with Crippen LogP contribution >= 0.6 is 0 Å². The maximum atomic E-state index is 13.3. The van der Waals surface area contributed by atoms with Crippen LogP contribution in [-0.4, -0.2) is 11.9 Å². The molecule has 0 heterocycles. The zero-order chi connectivity index (χ0) is 20.5. The Hall–Kier alpha value is -3.47. The Kier molecular flexibility index (Phi) is 7.11. The van der Waals surface area contributed by atoms with Crippen LogP contribution < -0.4 is 0 Å². The number of carbonyl (C=O) groups excluding carboxylic acids is 2. The second-order valence-electron chi connectivity index (χ2n) is 6.55. The van der Waals surface area contributed by atoms with Crippen molar-refractivity contribution >= 4 is 11.9 Å². The van der Waals surface area contributed by atoms with Gasteiger partial charge in [-0.1, -0.05) is 72.8 Å². The second-order valence-corrected chi connectivity index (χ2v) is 6.55. The topological polar surface area (TPSA) is 52.6 Å². The molecule has 0 aliphatic rings. The molecule has 1 unspecified atom stereocenters. The fourth-order valence-electron chi connectivity index (χ4n) is 2.83. The summed E-state index contributed by atoms with van der Waals surface area (Å²) in [4.78, 5) is 25.0. The third-order valence-corrected chi connectivity index (χ3v) is 4.39. The predicted octanol–water partition coefficient (Wildman–Crippen LogP) is 4.79. The minimum absolute atomic E-state index is 0.0937. The maximum absolute atomic E-state index is 13.3. The molecule has 1 atom stereocenters. The Bertz CT molecular complexity index is 924. The van der Waals surface area contributed by atoms with E-state index >= 15 is 0 Å². The summed E-state index contributed by atoms with van der Waals surface area (Å²) < 4.78 is 24.0. The molecule has 5 heteroatoms. The van der Waals surface area contributed by atoms with Crippen molar-refractivity contribution in [2.24, 2.45) is 0 Å². The first-order chi connectivity index (χ1) is 14.1. The molecule has 0 aliphatic carbocycles. The zero-order valence-corrected chi connectivity index (χ0v) is 15.8. The van der Waals surface area contributed by atoms with Crippen molar-refractivity contribution in [3.63, 3.8) is 0 Å². The summed E-state index contributed by atoms with van der Waals surface area (Å²) in [6.45, 7) is 0.214. The van der Waals surface area contributed by atoms with Gasteiger partial charge in [0.1, 0.15) is 19.0 Å². The van der Waals surface area contributed by atoms with Gasteiger partial charge in [0.05, 0.1) is 12.3 Å². The van der Waals surface area contributed by atoms with Crippen molar-refractivity contribution < 1.29 is 23.5 Å². The number of hydrogen-bond acceptors (Lipinski definition) is 4. The van der Waals surface area contributed by atoms with E-state index in [4.69, 9.17) is 9.47 Å². The summed E-state index contributed by atoms with van der Waals surface area (Å²) in [7, 11) is 0. The van der Waals surface area contributed by atoms with Crippen LogP contribution in [0.2, 0.25) is 0 Å². The molecule has 0 spiro atoms. The van der Waals surface area contributed by atoms with Crippen molar-refractivity contribution in [2.75, 3.05) is 0 Å². The number of hydrogen-bond donors (Lipinski definition) is 0. The van der Waals surface area contributed by atoms with E-state index in [1.165, 1.54) is 24.3 Å². The molecule has 3 rings (SSSR count). The molecule has 0 saturated heterocycles. The van der Waals surface area contributed by atoms with Crippen molar-refractivity contribution in [1.29, 1.82) is 0 Å². The average molecular weight is 392 g/mol. The first-order valence-corrected chi connectivity index (χ1v) is 9.27. The highest BCUT2D eigenvalue weighted by Gasteiger charge is 2.26. The van der Waals surface area contributed by atoms with E-state index in [2.05, 4.69) is 0 Å². The highest BCUT2D eigenvalue weighted by molar-refractivity contribution is 5.84. The van der Waals surface area contributed by atoms with Gasteiger partial charge in [-0.15, -0.1) is 0 Å². The fourth-order valence-corrected chi connectivity index (χ4v) is 2.83. The molecule has 0 N–H and O–H groups in total. The van der Waals surface area contributed by atoms with Gasteiger partial charge in [0.15, 0.2) is 0 Å². The van der Waals surface area contributed by atoms with E-state index in [1.807, 2.05) is 60.7 Å². The van der Waals surface area contributed by atoms with Crippen molar-refractivity contribution in [2.45, 2.75) is 25.6 Å². The summed E-state index contributed by atoms with van der Waals surface area (Å²) in [5.41, 5.74) is 2.19. The molecule has 3 aromatic rings. The van der Waals surface area contributed by atoms with E-state index in [9.17, 15) is 14.0 Å². The van der Waals surface area contributed by atoms with Crippen molar-refractivity contribution in [3.8, 4) is 0 Å². The minimum atomic E-state index is -0.873. The fraction of sp³-hybridized carbons (Fsp3) is 0.167. The lowest BCUT2D eigenvalue weighted by atomic mass is 9.96. The van der Waals surface area contributed by atoms with Gasteiger partial charge in [-0.25, -0.2) is 4.39 Å². The van der Waals surface area contributed by atoms with E-state index in [1.54, 1.807) is 0 Å². The van der Waals surface area contributed by atoms with Crippen LogP contribution in [0.25, 0.3) is 0 Å². The summed E-state index contributed by atoms with van der Waals surface area (Å²) in [6.07, 6.45) is -0.188. The number of carbonyl (C=O) groups is 2. The van der Waals surface area contributed by atoms with Gasteiger partial charge in [-0.3, -0.25) is 9.59 Å². The molecule has 29 heavy (non-hydrogen) atoms. The van der Waals surface area contributed by atoms with E-state index < -0.39 is 23.7 Å². The molecule has 148 valence electrons. The number of ether oxygens (including phenoxy) is 2. The molecular formula is C24H21FO4. The first-order valence-electron chi connectivity index (χ1n) is 9.27. The molecule has 0 fully saturated rings. The Balaban J connectivity index is 1.66. The van der Waals surface area contributed by atoms with Crippen molar-refractivity contribution in [3.05, 3.63) is 107 Å². The summed E-state index contributed by atoms with van der Waals surface area (Å²) in [6, 6.07) is 24.0. The predicted molar refractivity (Wildman–Crippen MR) is 106 cm³/mol. The largest absolute Gasteiger partial charge is 0.461 e. The van der Waals surface area contributed by atoms with Gasteiger partial charge in [0, 0.05) is 0 Å². The van der Waals surface area contributed by atoms with Gasteiger partial charge >= 0.3 is 11.9 Å². The van der Waals surface area contributed by atoms with Crippen LogP contribution in [-0.2, 0) is 32.3 Å². The van der Waals surface area contributed by atoms with Gasteiger partial charge in [0.2, 0.25) is 0 Å². The molecule has 4 nitrogen and oxygen atoms in total. The lowest BCUT2D eigenvalue weighted by Gasteiger charge is -2.16. The van der Waals surface area contributed by atoms with E-state index in [0.29, 0.717) is 5.56 Å². The molecule has 0 saturated carbocycles. The van der Waals surface area contributed by atoms with E-state index in [-0.39, 0.29) is 19.6 Å². The standard InChI is InChI=1S/C24H21FO4/c25-21-13-11-20(12-14-21)22(24(27)29-17-19-9-5-2-6-10-19)15-23(26)28-16-18-7-3-1-4-8-18/h1-14,22H,15-17H2. The SMILES string of the molecule is O=C(CC(C(=O)OCc1ccccc1)c1ccc(F)cc1)OCc1ccccc1. The van der Waals surface area contributed by atoms with Crippen LogP contribution in [0.1, 0.15) is 29.0 Å². The molecular weight excluding hydrogens is 371 g/mol. The third kappa shape index (κ3) is 6.28. The van der Waals surface area contributed by atoms with Gasteiger partial charge in [0.25, 0.3) is 0 Å².